The van der Waals surface area contributed by atoms with Crippen molar-refractivity contribution in [1.29, 1.82) is 0 Å². The molecule has 0 saturated carbocycles. The molecule has 0 amide bonds. The first-order chi connectivity index (χ1) is 6.96. The van der Waals surface area contributed by atoms with Gasteiger partial charge in [0.15, 0.2) is 11.2 Å². The predicted molar refractivity (Wildman–Crippen MR) is 72.0 cm³/mol. The fraction of sp³-hybridized carbons (Fsp3) is 1.00. The van der Waals surface area contributed by atoms with Gasteiger partial charge in [-0.3, -0.25) is 0 Å². The van der Waals surface area contributed by atoms with Crippen LogP contribution in [0, 0.1) is 11.3 Å². The van der Waals surface area contributed by atoms with Gasteiger partial charge < -0.3 is 0 Å². The van der Waals surface area contributed by atoms with Gasteiger partial charge in [-0.1, -0.05) is 27.7 Å². The fourth-order valence-corrected chi connectivity index (χ4v) is 2.26. The van der Waals surface area contributed by atoms with E-state index in [0.29, 0.717) is 11.3 Å². The summed E-state index contributed by atoms with van der Waals surface area (Å²) in [6, 6.07) is 0. The van der Waals surface area contributed by atoms with Crippen molar-refractivity contribution in [2.45, 2.75) is 60.4 Å². The molecule has 3 nitrogen and oxygen atoms in total. The Labute approximate surface area is 103 Å². The smallest absolute Gasteiger partial charge is 0.167 e. The van der Waals surface area contributed by atoms with Crippen molar-refractivity contribution >= 4 is 11.2 Å². The van der Waals surface area contributed by atoms with Gasteiger partial charge in [-0.2, -0.15) is 0 Å². The van der Waals surface area contributed by atoms with E-state index in [2.05, 4.69) is 27.7 Å². The molecule has 0 aliphatic carbocycles. The number of nitrogens with zero attached hydrogens (tertiary/aromatic N) is 1. The first kappa shape index (κ1) is 16.1. The summed E-state index contributed by atoms with van der Waals surface area (Å²) in [4.78, 5) is 0. The Morgan fingerprint density at radius 1 is 1.19 bits per heavy atom. The normalized spacial score (nSPS) is 17.6. The largest absolute Gasteiger partial charge is 0.238 e. The molecular formula is C12H28N2OS. The van der Waals surface area contributed by atoms with Crippen molar-refractivity contribution in [3.8, 4) is 0 Å². The number of rotatable bonds is 4. The first-order valence-corrected chi connectivity index (χ1v) is 7.07. The summed E-state index contributed by atoms with van der Waals surface area (Å²) in [6.07, 6.45) is 1.02. The Hall–Kier alpha value is 0.0700. The van der Waals surface area contributed by atoms with Gasteiger partial charge in [0.1, 0.15) is 0 Å². The molecule has 2 N–H and O–H groups in total. The third-order valence-electron chi connectivity index (χ3n) is 3.21. The summed E-state index contributed by atoms with van der Waals surface area (Å²) in [6.45, 7) is 15.8. The van der Waals surface area contributed by atoms with Crippen molar-refractivity contribution in [2.24, 2.45) is 16.5 Å². The second-order valence-corrected chi connectivity index (χ2v) is 7.60. The van der Waals surface area contributed by atoms with Crippen molar-refractivity contribution in [1.82, 2.24) is 4.31 Å². The van der Waals surface area contributed by atoms with E-state index in [4.69, 9.17) is 5.14 Å². The van der Waals surface area contributed by atoms with E-state index in [1.165, 1.54) is 0 Å². The number of hydrogen-bond donors (Lipinski definition) is 1. The van der Waals surface area contributed by atoms with E-state index >= 15 is 0 Å². The third-order valence-corrected chi connectivity index (χ3v) is 4.37. The van der Waals surface area contributed by atoms with Crippen LogP contribution in [-0.4, -0.2) is 20.6 Å². The van der Waals surface area contributed by atoms with Crippen molar-refractivity contribution < 1.29 is 4.21 Å². The quantitative estimate of drug-likeness (QED) is 0.817. The van der Waals surface area contributed by atoms with Gasteiger partial charge in [-0.05, 0) is 38.5 Å². The van der Waals surface area contributed by atoms with Gasteiger partial charge in [0.2, 0.25) is 0 Å². The second-order valence-electron chi connectivity index (χ2n) is 6.60. The lowest BCUT2D eigenvalue weighted by atomic mass is 9.80. The van der Waals surface area contributed by atoms with Crippen LogP contribution in [0.3, 0.4) is 0 Å². The van der Waals surface area contributed by atoms with E-state index in [1.54, 1.807) is 0 Å². The molecule has 0 aliphatic heterocycles. The van der Waals surface area contributed by atoms with E-state index in [-0.39, 0.29) is 5.54 Å². The van der Waals surface area contributed by atoms with Gasteiger partial charge in [0, 0.05) is 12.1 Å². The van der Waals surface area contributed by atoms with Crippen LogP contribution in [0.5, 0.6) is 0 Å². The van der Waals surface area contributed by atoms with Crippen LogP contribution >= 0.6 is 0 Å². The summed E-state index contributed by atoms with van der Waals surface area (Å²) >= 11 is -1.38. The molecule has 0 aromatic rings. The molecule has 0 rings (SSSR count). The minimum absolute atomic E-state index is 0.142. The van der Waals surface area contributed by atoms with Gasteiger partial charge in [-0.15, -0.1) is 0 Å². The first-order valence-electron chi connectivity index (χ1n) is 5.90. The Morgan fingerprint density at radius 2 is 1.62 bits per heavy atom. The summed E-state index contributed by atoms with van der Waals surface area (Å²) < 4.78 is 13.3. The highest BCUT2D eigenvalue weighted by molar-refractivity contribution is 7.80. The zero-order chi connectivity index (χ0) is 13.1. The standard InChI is InChI=1S/C12H28N2OS/c1-10(11(2,3)4)8-9-14(16(13)15)12(5,6)7/h10H,8-9,13H2,1-7H3. The molecule has 2 atom stereocenters. The summed E-state index contributed by atoms with van der Waals surface area (Å²) in [5.74, 6) is 0.584. The van der Waals surface area contributed by atoms with Crippen LogP contribution in [0.25, 0.3) is 0 Å². The van der Waals surface area contributed by atoms with E-state index in [9.17, 15) is 4.21 Å². The van der Waals surface area contributed by atoms with Gasteiger partial charge in [0.25, 0.3) is 0 Å². The average Bonchev–Trinajstić information content (AvgIpc) is 1.98. The molecule has 0 bridgehead atoms. The molecule has 98 valence electrons. The zero-order valence-electron chi connectivity index (χ0n) is 11.8. The van der Waals surface area contributed by atoms with Crippen LogP contribution in [-0.2, 0) is 11.2 Å². The maximum atomic E-state index is 11.5. The Morgan fingerprint density at radius 3 is 1.88 bits per heavy atom. The molecule has 16 heavy (non-hydrogen) atoms. The number of nitrogens with two attached hydrogens (primary N) is 1. The van der Waals surface area contributed by atoms with Crippen molar-refractivity contribution in [2.75, 3.05) is 6.54 Å². The molecule has 2 unspecified atom stereocenters. The van der Waals surface area contributed by atoms with Crippen LogP contribution < -0.4 is 5.14 Å². The topological polar surface area (TPSA) is 46.3 Å². The van der Waals surface area contributed by atoms with E-state index < -0.39 is 11.2 Å². The molecule has 0 saturated heterocycles. The zero-order valence-corrected chi connectivity index (χ0v) is 12.6. The number of hydrogen-bond acceptors (Lipinski definition) is 1. The van der Waals surface area contributed by atoms with Gasteiger partial charge in [-0.25, -0.2) is 13.7 Å². The Kier molecular flexibility index (Phi) is 5.63. The maximum Gasteiger partial charge on any atom is 0.167 e. The lowest BCUT2D eigenvalue weighted by Crippen LogP contribution is -2.46. The predicted octanol–water partition coefficient (Wildman–Crippen LogP) is 2.70. The van der Waals surface area contributed by atoms with Gasteiger partial charge in [0.05, 0.1) is 0 Å². The lowest BCUT2D eigenvalue weighted by Gasteiger charge is -2.35. The van der Waals surface area contributed by atoms with Gasteiger partial charge >= 0.3 is 0 Å². The molecule has 0 aliphatic rings. The molecule has 0 aromatic carbocycles. The molecule has 0 heterocycles. The highest BCUT2D eigenvalue weighted by Gasteiger charge is 2.27. The third kappa shape index (κ3) is 5.41. The van der Waals surface area contributed by atoms with Crippen LogP contribution in [0.2, 0.25) is 0 Å². The van der Waals surface area contributed by atoms with Crippen molar-refractivity contribution in [3.63, 3.8) is 0 Å². The monoisotopic (exact) mass is 248 g/mol. The molecule has 0 fully saturated rings. The van der Waals surface area contributed by atoms with Crippen LogP contribution in [0.4, 0.5) is 0 Å². The minimum Gasteiger partial charge on any atom is -0.238 e. The second kappa shape index (κ2) is 5.61. The lowest BCUT2D eigenvalue weighted by molar-refractivity contribution is 0.197. The Balaban J connectivity index is 4.42. The van der Waals surface area contributed by atoms with E-state index in [1.807, 2.05) is 25.1 Å². The van der Waals surface area contributed by atoms with Crippen molar-refractivity contribution in [3.05, 3.63) is 0 Å². The molecule has 0 aromatic heterocycles. The minimum atomic E-state index is -1.38. The summed E-state index contributed by atoms with van der Waals surface area (Å²) in [5, 5.41) is 5.52. The van der Waals surface area contributed by atoms with Crippen LogP contribution in [0.1, 0.15) is 54.9 Å². The van der Waals surface area contributed by atoms with Crippen LogP contribution in [0.15, 0.2) is 0 Å². The Bertz CT molecular complexity index is 240. The molecule has 0 radical (unpaired) electrons. The maximum absolute atomic E-state index is 11.5. The highest BCUT2D eigenvalue weighted by Crippen LogP contribution is 2.29. The van der Waals surface area contributed by atoms with E-state index in [0.717, 1.165) is 13.0 Å². The summed E-state index contributed by atoms with van der Waals surface area (Å²) in [7, 11) is 0. The fourth-order valence-electron chi connectivity index (χ4n) is 1.44. The average molecular weight is 248 g/mol. The molecule has 0 spiro atoms. The molecule has 4 heteroatoms. The SMILES string of the molecule is CC(CCN(S(N)=O)C(C)(C)C)C(C)(C)C. The summed E-state index contributed by atoms with van der Waals surface area (Å²) in [5.41, 5.74) is 0.150. The molecular weight excluding hydrogens is 220 g/mol. The highest BCUT2D eigenvalue weighted by atomic mass is 32.2.